The second-order valence-corrected chi connectivity index (χ2v) is 7.76. The minimum atomic E-state index is 0.254. The Balaban J connectivity index is 2.01. The molecule has 0 aliphatic heterocycles. The number of nitrogens with one attached hydrogen (secondary N) is 1. The predicted octanol–water partition coefficient (Wildman–Crippen LogP) is 5.09. The van der Waals surface area contributed by atoms with Gasteiger partial charge in [0.05, 0.1) is 0 Å². The number of hydrogen-bond donors (Lipinski definition) is 1. The summed E-state index contributed by atoms with van der Waals surface area (Å²) in [6, 6.07) is 10.0. The molecule has 1 N–H and O–H groups in total. The van der Waals surface area contributed by atoms with Gasteiger partial charge in [-0.3, -0.25) is 0 Å². The lowest BCUT2D eigenvalue weighted by Gasteiger charge is -2.25. The smallest absolute Gasteiger partial charge is 0.0136 e. The van der Waals surface area contributed by atoms with Crippen molar-refractivity contribution in [3.8, 4) is 0 Å². The topological polar surface area (TPSA) is 12.0 Å². The van der Waals surface area contributed by atoms with Crippen LogP contribution in [0.1, 0.15) is 70.9 Å². The quantitative estimate of drug-likeness (QED) is 0.769. The fourth-order valence-corrected chi connectivity index (χ4v) is 3.49. The van der Waals surface area contributed by atoms with Gasteiger partial charge in [0, 0.05) is 6.04 Å². The third kappa shape index (κ3) is 4.85. The second kappa shape index (κ2) is 7.45. The summed E-state index contributed by atoms with van der Waals surface area (Å²) in [5.41, 5.74) is 3.18. The Labute approximate surface area is 131 Å². The minimum Gasteiger partial charge on any atom is -0.313 e. The van der Waals surface area contributed by atoms with Gasteiger partial charge < -0.3 is 5.32 Å². The van der Waals surface area contributed by atoms with Gasteiger partial charge in [-0.05, 0) is 54.7 Å². The fourth-order valence-electron chi connectivity index (χ4n) is 3.49. The summed E-state index contributed by atoms with van der Waals surface area (Å²) in [4.78, 5) is 0. The Morgan fingerprint density at radius 2 is 1.71 bits per heavy atom. The van der Waals surface area contributed by atoms with E-state index in [1.807, 2.05) is 0 Å². The molecule has 21 heavy (non-hydrogen) atoms. The van der Waals surface area contributed by atoms with Crippen molar-refractivity contribution in [2.45, 2.75) is 77.7 Å². The molecule has 0 spiro atoms. The largest absolute Gasteiger partial charge is 0.313 e. The van der Waals surface area contributed by atoms with Crippen molar-refractivity contribution in [3.63, 3.8) is 0 Å². The van der Waals surface area contributed by atoms with Crippen molar-refractivity contribution in [2.24, 2.45) is 5.92 Å². The van der Waals surface area contributed by atoms with Gasteiger partial charge in [-0.25, -0.2) is 0 Å². The molecule has 1 aliphatic carbocycles. The van der Waals surface area contributed by atoms with Crippen LogP contribution < -0.4 is 5.32 Å². The molecule has 1 fully saturated rings. The van der Waals surface area contributed by atoms with E-state index in [0.717, 1.165) is 12.5 Å². The van der Waals surface area contributed by atoms with E-state index in [1.165, 1.54) is 49.7 Å². The zero-order valence-corrected chi connectivity index (χ0v) is 14.4. The highest BCUT2D eigenvalue weighted by Crippen LogP contribution is 2.30. The molecule has 1 nitrogen and oxygen atoms in total. The zero-order chi connectivity index (χ0) is 15.3. The molecular formula is C20H33N. The predicted molar refractivity (Wildman–Crippen MR) is 92.9 cm³/mol. The lowest BCUT2D eigenvalue weighted by Crippen LogP contribution is -2.37. The van der Waals surface area contributed by atoms with Gasteiger partial charge in [0.1, 0.15) is 0 Å². The van der Waals surface area contributed by atoms with Crippen LogP contribution in [0.5, 0.6) is 0 Å². The van der Waals surface area contributed by atoms with E-state index in [9.17, 15) is 0 Å². The van der Waals surface area contributed by atoms with Crippen molar-refractivity contribution >= 4 is 0 Å². The molecule has 1 heteroatoms. The molecule has 1 unspecified atom stereocenters. The number of hydrogen-bond acceptors (Lipinski definition) is 1. The standard InChI is InChI=1S/C20H33N/c1-5-14-21-19(17-8-6-7-9-17)15-16-10-12-18(13-11-16)20(2,3)4/h10-13,17,19,21H,5-9,14-15H2,1-4H3. The lowest BCUT2D eigenvalue weighted by atomic mass is 9.85. The Hall–Kier alpha value is -0.820. The first-order valence-electron chi connectivity index (χ1n) is 8.83. The molecule has 1 aromatic carbocycles. The molecule has 2 rings (SSSR count). The first-order chi connectivity index (χ1) is 10.0. The molecule has 0 amide bonds. The molecule has 0 radical (unpaired) electrons. The summed E-state index contributed by atoms with van der Waals surface area (Å²) < 4.78 is 0. The van der Waals surface area contributed by atoms with Gasteiger partial charge >= 0.3 is 0 Å². The molecular weight excluding hydrogens is 254 g/mol. The van der Waals surface area contributed by atoms with E-state index in [2.05, 4.69) is 57.3 Å². The summed E-state index contributed by atoms with van der Waals surface area (Å²) in [5, 5.41) is 3.80. The van der Waals surface area contributed by atoms with Crippen LogP contribution in [0.3, 0.4) is 0 Å². The fraction of sp³-hybridized carbons (Fsp3) is 0.700. The Morgan fingerprint density at radius 3 is 2.24 bits per heavy atom. The van der Waals surface area contributed by atoms with E-state index < -0.39 is 0 Å². The average Bonchev–Trinajstić information content (AvgIpc) is 2.97. The van der Waals surface area contributed by atoms with Crippen LogP contribution >= 0.6 is 0 Å². The number of rotatable bonds is 6. The summed E-state index contributed by atoms with van der Waals surface area (Å²) in [6.07, 6.45) is 8.11. The van der Waals surface area contributed by atoms with Crippen molar-refractivity contribution < 1.29 is 0 Å². The van der Waals surface area contributed by atoms with E-state index >= 15 is 0 Å². The normalized spacial score (nSPS) is 18.1. The van der Waals surface area contributed by atoms with Crippen molar-refractivity contribution in [1.29, 1.82) is 0 Å². The molecule has 0 bridgehead atoms. The molecule has 1 atom stereocenters. The van der Waals surface area contributed by atoms with Gasteiger partial charge in [-0.1, -0.05) is 64.8 Å². The van der Waals surface area contributed by atoms with E-state index in [4.69, 9.17) is 0 Å². The van der Waals surface area contributed by atoms with Crippen LogP contribution in [0.4, 0.5) is 0 Å². The molecule has 0 aromatic heterocycles. The van der Waals surface area contributed by atoms with Gasteiger partial charge in [0.15, 0.2) is 0 Å². The minimum absolute atomic E-state index is 0.254. The van der Waals surface area contributed by atoms with Gasteiger partial charge in [0.25, 0.3) is 0 Å². The van der Waals surface area contributed by atoms with Crippen molar-refractivity contribution in [3.05, 3.63) is 35.4 Å². The molecule has 1 aliphatic rings. The highest BCUT2D eigenvalue weighted by atomic mass is 14.9. The van der Waals surface area contributed by atoms with Crippen LogP contribution in [-0.4, -0.2) is 12.6 Å². The summed E-state index contributed by atoms with van der Waals surface area (Å²) in [7, 11) is 0. The van der Waals surface area contributed by atoms with Gasteiger partial charge in [-0.2, -0.15) is 0 Å². The van der Waals surface area contributed by atoms with Crippen molar-refractivity contribution in [1.82, 2.24) is 5.32 Å². The van der Waals surface area contributed by atoms with Crippen LogP contribution in [-0.2, 0) is 11.8 Å². The van der Waals surface area contributed by atoms with Crippen LogP contribution in [0.15, 0.2) is 24.3 Å². The highest BCUT2D eigenvalue weighted by molar-refractivity contribution is 5.28. The van der Waals surface area contributed by atoms with E-state index in [-0.39, 0.29) is 5.41 Å². The van der Waals surface area contributed by atoms with Gasteiger partial charge in [0.2, 0.25) is 0 Å². The monoisotopic (exact) mass is 287 g/mol. The number of benzene rings is 1. The molecule has 0 heterocycles. The highest BCUT2D eigenvalue weighted by Gasteiger charge is 2.24. The third-order valence-corrected chi connectivity index (χ3v) is 4.90. The average molecular weight is 287 g/mol. The molecule has 0 saturated heterocycles. The maximum Gasteiger partial charge on any atom is 0.0136 e. The first kappa shape index (κ1) is 16.5. The van der Waals surface area contributed by atoms with Crippen molar-refractivity contribution in [2.75, 3.05) is 6.54 Å². The maximum absolute atomic E-state index is 3.80. The molecule has 118 valence electrons. The summed E-state index contributed by atoms with van der Waals surface area (Å²) in [6.45, 7) is 10.3. The second-order valence-electron chi connectivity index (χ2n) is 7.76. The molecule has 1 saturated carbocycles. The maximum atomic E-state index is 3.80. The summed E-state index contributed by atoms with van der Waals surface area (Å²) in [5.74, 6) is 0.888. The van der Waals surface area contributed by atoms with Crippen LogP contribution in [0.2, 0.25) is 0 Å². The zero-order valence-electron chi connectivity index (χ0n) is 14.4. The lowest BCUT2D eigenvalue weighted by molar-refractivity contribution is 0.356. The van der Waals surface area contributed by atoms with Crippen LogP contribution in [0.25, 0.3) is 0 Å². The Kier molecular flexibility index (Phi) is 5.87. The van der Waals surface area contributed by atoms with Gasteiger partial charge in [-0.15, -0.1) is 0 Å². The Morgan fingerprint density at radius 1 is 1.10 bits per heavy atom. The van der Waals surface area contributed by atoms with Crippen LogP contribution in [0, 0.1) is 5.92 Å². The SMILES string of the molecule is CCCNC(Cc1ccc(C(C)(C)C)cc1)C1CCCC1. The summed E-state index contributed by atoms with van der Waals surface area (Å²) >= 11 is 0. The van der Waals surface area contributed by atoms with E-state index in [1.54, 1.807) is 0 Å². The van der Waals surface area contributed by atoms with E-state index in [0.29, 0.717) is 6.04 Å². The first-order valence-corrected chi connectivity index (χ1v) is 8.83. The molecule has 1 aromatic rings. The Bertz CT molecular complexity index is 406. The third-order valence-electron chi connectivity index (χ3n) is 4.90.